The van der Waals surface area contributed by atoms with Crippen molar-refractivity contribution in [1.82, 2.24) is 20.0 Å². The van der Waals surface area contributed by atoms with Gasteiger partial charge in [-0.3, -0.25) is 9.78 Å². The highest BCUT2D eigenvalue weighted by Crippen LogP contribution is 2.31. The lowest BCUT2D eigenvalue weighted by Crippen LogP contribution is -2.50. The van der Waals surface area contributed by atoms with E-state index in [9.17, 15) is 4.79 Å². The number of likely N-dealkylation sites (tertiary alicyclic amines) is 1. The summed E-state index contributed by atoms with van der Waals surface area (Å²) in [4.78, 5) is 23.2. The first kappa shape index (κ1) is 16.4. The molecule has 4 rings (SSSR count). The van der Waals surface area contributed by atoms with Crippen LogP contribution in [0.4, 0.5) is 0 Å². The molecule has 6 heteroatoms. The molecule has 0 spiro atoms. The molecule has 1 fully saturated rings. The van der Waals surface area contributed by atoms with Crippen LogP contribution in [0.3, 0.4) is 0 Å². The molecule has 0 saturated carbocycles. The number of carbonyl (C=O) groups excluding carboxylic acids is 1. The number of benzene rings is 1. The van der Waals surface area contributed by atoms with Gasteiger partial charge >= 0.3 is 0 Å². The minimum atomic E-state index is -0.0919. The van der Waals surface area contributed by atoms with Crippen molar-refractivity contribution in [3.63, 3.8) is 0 Å². The predicted octanol–water partition coefficient (Wildman–Crippen LogP) is 3.25. The van der Waals surface area contributed by atoms with E-state index < -0.39 is 0 Å². The topological polar surface area (TPSA) is 72.1 Å². The quantitative estimate of drug-likeness (QED) is 0.708. The Morgan fingerprint density at radius 1 is 1.23 bits per heavy atom. The summed E-state index contributed by atoms with van der Waals surface area (Å²) in [5, 5.41) is 4.03. The van der Waals surface area contributed by atoms with Crippen molar-refractivity contribution in [2.75, 3.05) is 13.1 Å². The molecule has 6 nitrogen and oxygen atoms in total. The third-order valence-electron chi connectivity index (χ3n) is 4.81. The van der Waals surface area contributed by atoms with Gasteiger partial charge in [0.1, 0.15) is 0 Å². The maximum absolute atomic E-state index is 12.8. The van der Waals surface area contributed by atoms with Gasteiger partial charge in [0.15, 0.2) is 0 Å². The van der Waals surface area contributed by atoms with E-state index >= 15 is 0 Å². The average molecular weight is 348 g/mol. The summed E-state index contributed by atoms with van der Waals surface area (Å²) in [5.41, 5.74) is 1.89. The summed E-state index contributed by atoms with van der Waals surface area (Å²) >= 11 is 0. The van der Waals surface area contributed by atoms with E-state index in [0.29, 0.717) is 24.8 Å². The zero-order valence-corrected chi connectivity index (χ0v) is 14.6. The van der Waals surface area contributed by atoms with Gasteiger partial charge in [0.25, 0.3) is 0 Å². The standard InChI is InChI=1S/C20H20N4O2/c1-2-17(14-7-4-3-5-8-14)20(25)24-12-16(13-24)19-22-18(23-26-19)15-9-6-10-21-11-15/h3-11,16-17H,2,12-13H2,1H3. The SMILES string of the molecule is CCC(C(=O)N1CC(c2nc(-c3cccnc3)no2)C1)c1ccccc1. The van der Waals surface area contributed by atoms with Gasteiger partial charge in [-0.05, 0) is 24.1 Å². The number of carbonyl (C=O) groups is 1. The van der Waals surface area contributed by atoms with Gasteiger partial charge in [-0.25, -0.2) is 0 Å². The molecule has 1 aliphatic heterocycles. The van der Waals surface area contributed by atoms with E-state index in [2.05, 4.69) is 15.1 Å². The zero-order valence-electron chi connectivity index (χ0n) is 14.6. The Bertz CT molecular complexity index is 873. The number of nitrogens with zero attached hydrogens (tertiary/aromatic N) is 4. The Morgan fingerprint density at radius 3 is 2.73 bits per heavy atom. The molecule has 3 heterocycles. The van der Waals surface area contributed by atoms with Crippen molar-refractivity contribution in [1.29, 1.82) is 0 Å². The molecule has 3 aromatic rings. The maximum Gasteiger partial charge on any atom is 0.233 e. The zero-order chi connectivity index (χ0) is 17.9. The van der Waals surface area contributed by atoms with E-state index in [1.54, 1.807) is 12.4 Å². The first-order valence-electron chi connectivity index (χ1n) is 8.84. The Morgan fingerprint density at radius 2 is 2.04 bits per heavy atom. The average Bonchev–Trinajstić information content (AvgIpc) is 3.12. The highest BCUT2D eigenvalue weighted by atomic mass is 16.5. The lowest BCUT2D eigenvalue weighted by molar-refractivity contribution is -0.137. The molecule has 26 heavy (non-hydrogen) atoms. The molecule has 1 aromatic carbocycles. The fourth-order valence-electron chi connectivity index (χ4n) is 3.29. The molecule has 1 aliphatic rings. The molecular weight excluding hydrogens is 328 g/mol. The predicted molar refractivity (Wildman–Crippen MR) is 96.3 cm³/mol. The third kappa shape index (κ3) is 3.10. The number of rotatable bonds is 5. The van der Waals surface area contributed by atoms with Crippen molar-refractivity contribution < 1.29 is 9.32 Å². The molecule has 1 saturated heterocycles. The molecule has 132 valence electrons. The van der Waals surface area contributed by atoms with Gasteiger partial charge < -0.3 is 9.42 Å². The maximum atomic E-state index is 12.8. The van der Waals surface area contributed by atoms with E-state index in [-0.39, 0.29) is 17.7 Å². The normalized spacial score (nSPS) is 15.5. The summed E-state index contributed by atoms with van der Waals surface area (Å²) in [7, 11) is 0. The highest BCUT2D eigenvalue weighted by molar-refractivity contribution is 5.84. The summed E-state index contributed by atoms with van der Waals surface area (Å²) in [6.07, 6.45) is 4.20. The van der Waals surface area contributed by atoms with Gasteiger partial charge in [-0.15, -0.1) is 0 Å². The molecule has 0 N–H and O–H groups in total. The Hall–Kier alpha value is -3.02. The van der Waals surface area contributed by atoms with Crippen molar-refractivity contribution >= 4 is 5.91 Å². The van der Waals surface area contributed by atoms with Crippen LogP contribution in [0.2, 0.25) is 0 Å². The van der Waals surface area contributed by atoms with Crippen molar-refractivity contribution in [3.05, 3.63) is 66.3 Å². The molecule has 1 atom stereocenters. The van der Waals surface area contributed by atoms with Gasteiger partial charge in [-0.2, -0.15) is 4.98 Å². The second-order valence-corrected chi connectivity index (χ2v) is 6.51. The first-order chi connectivity index (χ1) is 12.8. The van der Waals surface area contributed by atoms with Gasteiger partial charge in [-0.1, -0.05) is 42.4 Å². The van der Waals surface area contributed by atoms with Crippen LogP contribution in [0.25, 0.3) is 11.4 Å². The minimum absolute atomic E-state index is 0.0919. The van der Waals surface area contributed by atoms with E-state index in [4.69, 9.17) is 4.52 Å². The van der Waals surface area contributed by atoms with E-state index in [1.807, 2.05) is 54.3 Å². The summed E-state index contributed by atoms with van der Waals surface area (Å²) in [6, 6.07) is 13.7. The summed E-state index contributed by atoms with van der Waals surface area (Å²) < 4.78 is 5.40. The van der Waals surface area contributed by atoms with Crippen molar-refractivity contribution in [2.24, 2.45) is 0 Å². The molecule has 0 radical (unpaired) electrons. The minimum Gasteiger partial charge on any atom is -0.340 e. The van der Waals surface area contributed by atoms with Gasteiger partial charge in [0.05, 0.1) is 11.8 Å². The smallest absolute Gasteiger partial charge is 0.233 e. The van der Waals surface area contributed by atoms with Crippen LogP contribution in [0.1, 0.15) is 36.6 Å². The van der Waals surface area contributed by atoms with Crippen molar-refractivity contribution in [3.8, 4) is 11.4 Å². The van der Waals surface area contributed by atoms with Crippen LogP contribution in [-0.2, 0) is 4.79 Å². The van der Waals surface area contributed by atoms with Crippen LogP contribution < -0.4 is 0 Å². The molecule has 0 aliphatic carbocycles. The fourth-order valence-corrected chi connectivity index (χ4v) is 3.29. The van der Waals surface area contributed by atoms with Crippen molar-refractivity contribution in [2.45, 2.75) is 25.2 Å². The van der Waals surface area contributed by atoms with Gasteiger partial charge in [0.2, 0.25) is 17.6 Å². The lowest BCUT2D eigenvalue weighted by atomic mass is 9.91. The van der Waals surface area contributed by atoms with Crippen LogP contribution in [0.15, 0.2) is 59.4 Å². The molecular formula is C20H20N4O2. The number of hydrogen-bond acceptors (Lipinski definition) is 5. The Labute approximate surface area is 151 Å². The monoisotopic (exact) mass is 348 g/mol. The summed E-state index contributed by atoms with van der Waals surface area (Å²) in [5.74, 6) is 1.30. The highest BCUT2D eigenvalue weighted by Gasteiger charge is 2.38. The van der Waals surface area contributed by atoms with Gasteiger partial charge in [0, 0.05) is 31.0 Å². The number of aromatic nitrogens is 3. The molecule has 2 aromatic heterocycles. The second-order valence-electron chi connectivity index (χ2n) is 6.51. The third-order valence-corrected chi connectivity index (χ3v) is 4.81. The fraction of sp³-hybridized carbons (Fsp3) is 0.300. The molecule has 1 unspecified atom stereocenters. The number of amides is 1. The Kier molecular flexibility index (Phi) is 4.48. The lowest BCUT2D eigenvalue weighted by Gasteiger charge is -2.39. The molecule has 0 bridgehead atoms. The van der Waals surface area contributed by atoms with E-state index in [0.717, 1.165) is 17.5 Å². The molecule has 1 amide bonds. The number of hydrogen-bond donors (Lipinski definition) is 0. The van der Waals surface area contributed by atoms with Crippen LogP contribution in [0.5, 0.6) is 0 Å². The Balaban J connectivity index is 1.41. The summed E-state index contributed by atoms with van der Waals surface area (Å²) in [6.45, 7) is 3.29. The number of pyridine rings is 1. The van der Waals surface area contributed by atoms with Crippen LogP contribution >= 0.6 is 0 Å². The second kappa shape index (κ2) is 7.07. The first-order valence-corrected chi connectivity index (χ1v) is 8.84. The van der Waals surface area contributed by atoms with Crippen LogP contribution in [-0.4, -0.2) is 39.0 Å². The largest absolute Gasteiger partial charge is 0.340 e. The van der Waals surface area contributed by atoms with Crippen LogP contribution in [0, 0.1) is 0 Å². The van der Waals surface area contributed by atoms with E-state index in [1.165, 1.54) is 0 Å².